The highest BCUT2D eigenvalue weighted by Gasteiger charge is 2.25. The molecule has 0 aliphatic heterocycles. The topological polar surface area (TPSA) is 112 Å². The second kappa shape index (κ2) is 7.95. The van der Waals surface area contributed by atoms with Crippen LogP contribution >= 0.6 is 0 Å². The SMILES string of the molecule is Cc1c(C(=O)O[C@H](C)C(=O)Nc2ccc(C(N)=O)cc2)oc2c1ccc1ccccc12. The van der Waals surface area contributed by atoms with Crippen LogP contribution < -0.4 is 11.1 Å². The molecule has 0 fully saturated rings. The minimum absolute atomic E-state index is 0.0665. The van der Waals surface area contributed by atoms with Gasteiger partial charge in [0, 0.05) is 27.6 Å². The molecule has 0 radical (unpaired) electrons. The number of carbonyl (C=O) groups is 3. The van der Waals surface area contributed by atoms with E-state index >= 15 is 0 Å². The number of rotatable bonds is 5. The molecule has 31 heavy (non-hydrogen) atoms. The number of anilines is 1. The van der Waals surface area contributed by atoms with Gasteiger partial charge in [0.1, 0.15) is 5.58 Å². The van der Waals surface area contributed by atoms with Gasteiger partial charge < -0.3 is 20.2 Å². The van der Waals surface area contributed by atoms with Crippen LogP contribution in [-0.4, -0.2) is 23.9 Å². The molecular formula is C24H20N2O5. The standard InChI is InChI=1S/C24H20N2O5/c1-13-18-12-9-15-5-3-4-6-19(15)21(18)31-20(13)24(29)30-14(2)23(28)26-17-10-7-16(8-11-17)22(25)27/h3-12,14H,1-2H3,(H2,25,27)(H,26,28)/t14-/m1/s1. The molecule has 156 valence electrons. The normalized spacial score (nSPS) is 11.9. The summed E-state index contributed by atoms with van der Waals surface area (Å²) in [6.07, 6.45) is -1.06. The Morgan fingerprint density at radius 1 is 0.968 bits per heavy atom. The molecule has 0 aliphatic carbocycles. The Morgan fingerprint density at radius 2 is 1.68 bits per heavy atom. The number of hydrogen-bond donors (Lipinski definition) is 2. The van der Waals surface area contributed by atoms with Gasteiger partial charge in [-0.1, -0.05) is 36.4 Å². The van der Waals surface area contributed by atoms with Crippen molar-refractivity contribution in [3.8, 4) is 0 Å². The van der Waals surface area contributed by atoms with Crippen molar-refractivity contribution in [2.45, 2.75) is 20.0 Å². The minimum Gasteiger partial charge on any atom is -0.448 e. The van der Waals surface area contributed by atoms with E-state index in [2.05, 4.69) is 5.32 Å². The van der Waals surface area contributed by atoms with Crippen LogP contribution in [0.4, 0.5) is 5.69 Å². The fraction of sp³-hybridized carbons (Fsp3) is 0.125. The number of carbonyl (C=O) groups excluding carboxylic acids is 3. The summed E-state index contributed by atoms with van der Waals surface area (Å²) >= 11 is 0. The molecule has 2 amide bonds. The number of benzene rings is 3. The first kappa shape index (κ1) is 20.2. The van der Waals surface area contributed by atoms with Crippen LogP contribution in [0.1, 0.15) is 33.4 Å². The molecule has 1 aromatic heterocycles. The maximum atomic E-state index is 12.7. The molecule has 0 aliphatic rings. The predicted molar refractivity (Wildman–Crippen MR) is 117 cm³/mol. The average molecular weight is 416 g/mol. The highest BCUT2D eigenvalue weighted by Crippen LogP contribution is 2.32. The molecule has 0 saturated carbocycles. The van der Waals surface area contributed by atoms with Gasteiger partial charge in [-0.3, -0.25) is 9.59 Å². The molecule has 4 rings (SSSR count). The first-order valence-electron chi connectivity index (χ1n) is 9.67. The molecule has 3 aromatic carbocycles. The third-order valence-electron chi connectivity index (χ3n) is 5.10. The first-order valence-corrected chi connectivity index (χ1v) is 9.67. The maximum Gasteiger partial charge on any atom is 0.375 e. The number of aryl methyl sites for hydroxylation is 1. The van der Waals surface area contributed by atoms with E-state index in [0.29, 0.717) is 22.4 Å². The van der Waals surface area contributed by atoms with Crippen LogP contribution in [0, 0.1) is 6.92 Å². The number of nitrogens with one attached hydrogen (secondary N) is 1. The lowest BCUT2D eigenvalue weighted by molar-refractivity contribution is -0.123. The predicted octanol–water partition coefficient (Wildman–Crippen LogP) is 4.18. The van der Waals surface area contributed by atoms with Crippen LogP contribution in [0.5, 0.6) is 0 Å². The van der Waals surface area contributed by atoms with Gasteiger partial charge in [0.15, 0.2) is 6.10 Å². The monoisotopic (exact) mass is 416 g/mol. The highest BCUT2D eigenvalue weighted by atomic mass is 16.6. The van der Waals surface area contributed by atoms with Crippen molar-refractivity contribution in [1.29, 1.82) is 0 Å². The number of esters is 1. The molecule has 7 heteroatoms. The lowest BCUT2D eigenvalue weighted by Gasteiger charge is -2.13. The van der Waals surface area contributed by atoms with Crippen LogP contribution in [0.2, 0.25) is 0 Å². The lowest BCUT2D eigenvalue weighted by Crippen LogP contribution is -2.30. The summed E-state index contributed by atoms with van der Waals surface area (Å²) in [5.41, 5.74) is 7.23. The second-order valence-electron chi connectivity index (χ2n) is 7.20. The fourth-order valence-electron chi connectivity index (χ4n) is 3.37. The molecule has 4 aromatic rings. The number of hydrogen-bond acceptors (Lipinski definition) is 5. The second-order valence-corrected chi connectivity index (χ2v) is 7.20. The van der Waals surface area contributed by atoms with Crippen LogP contribution in [0.25, 0.3) is 21.7 Å². The Bertz CT molecular complexity index is 1320. The van der Waals surface area contributed by atoms with Crippen LogP contribution in [0.3, 0.4) is 0 Å². The van der Waals surface area contributed by atoms with E-state index < -0.39 is 23.9 Å². The van der Waals surface area contributed by atoms with Crippen molar-refractivity contribution >= 4 is 45.2 Å². The van der Waals surface area contributed by atoms with Crippen molar-refractivity contribution in [2.24, 2.45) is 5.73 Å². The number of furan rings is 1. The Labute approximate surface area is 177 Å². The lowest BCUT2D eigenvalue weighted by atomic mass is 10.1. The summed E-state index contributed by atoms with van der Waals surface area (Å²) in [6, 6.07) is 17.7. The smallest absolute Gasteiger partial charge is 0.375 e. The van der Waals surface area contributed by atoms with Gasteiger partial charge in [-0.05, 0) is 43.5 Å². The Kier molecular flexibility index (Phi) is 5.17. The van der Waals surface area contributed by atoms with Gasteiger partial charge in [0.2, 0.25) is 11.7 Å². The van der Waals surface area contributed by atoms with Gasteiger partial charge in [-0.15, -0.1) is 0 Å². The third kappa shape index (κ3) is 3.85. The number of nitrogens with two attached hydrogens (primary N) is 1. The molecule has 1 heterocycles. The largest absolute Gasteiger partial charge is 0.448 e. The van der Waals surface area contributed by atoms with Crippen molar-refractivity contribution in [3.63, 3.8) is 0 Å². The Hall–Kier alpha value is -4.13. The van der Waals surface area contributed by atoms with Gasteiger partial charge in [-0.25, -0.2) is 4.79 Å². The molecule has 0 unspecified atom stereocenters. The van der Waals surface area contributed by atoms with E-state index in [1.165, 1.54) is 19.1 Å². The van der Waals surface area contributed by atoms with E-state index in [1.807, 2.05) is 36.4 Å². The summed E-state index contributed by atoms with van der Waals surface area (Å²) in [6.45, 7) is 3.25. The molecule has 0 saturated heterocycles. The zero-order chi connectivity index (χ0) is 22.1. The van der Waals surface area contributed by atoms with E-state index in [1.54, 1.807) is 19.1 Å². The molecule has 7 nitrogen and oxygen atoms in total. The fourth-order valence-corrected chi connectivity index (χ4v) is 3.37. The number of ether oxygens (including phenoxy) is 1. The number of amides is 2. The summed E-state index contributed by atoms with van der Waals surface area (Å²) in [4.78, 5) is 36.3. The first-order chi connectivity index (χ1) is 14.8. The van der Waals surface area contributed by atoms with Crippen molar-refractivity contribution in [1.82, 2.24) is 0 Å². The molecule has 3 N–H and O–H groups in total. The van der Waals surface area contributed by atoms with Crippen LogP contribution in [0.15, 0.2) is 65.1 Å². The molecule has 1 atom stereocenters. The summed E-state index contributed by atoms with van der Waals surface area (Å²) in [7, 11) is 0. The summed E-state index contributed by atoms with van der Waals surface area (Å²) in [5.74, 6) is -1.73. The average Bonchev–Trinajstić information content (AvgIpc) is 3.11. The van der Waals surface area contributed by atoms with Crippen molar-refractivity contribution in [2.75, 3.05) is 5.32 Å². The summed E-state index contributed by atoms with van der Waals surface area (Å²) in [5, 5.41) is 5.34. The zero-order valence-electron chi connectivity index (χ0n) is 17.0. The Balaban J connectivity index is 1.51. The number of primary amides is 1. The van der Waals surface area contributed by atoms with E-state index in [0.717, 1.165) is 16.2 Å². The zero-order valence-corrected chi connectivity index (χ0v) is 17.0. The minimum atomic E-state index is -1.06. The molecule has 0 bridgehead atoms. The van der Waals surface area contributed by atoms with Gasteiger partial charge >= 0.3 is 5.97 Å². The van der Waals surface area contributed by atoms with Gasteiger partial charge in [0.05, 0.1) is 0 Å². The number of fused-ring (bicyclic) bond motifs is 3. The van der Waals surface area contributed by atoms with E-state index in [-0.39, 0.29) is 5.76 Å². The Morgan fingerprint density at radius 3 is 2.39 bits per heavy atom. The maximum absolute atomic E-state index is 12.7. The highest BCUT2D eigenvalue weighted by molar-refractivity contribution is 6.08. The van der Waals surface area contributed by atoms with Crippen molar-refractivity contribution in [3.05, 3.63) is 77.6 Å². The molecular weight excluding hydrogens is 396 g/mol. The van der Waals surface area contributed by atoms with E-state index in [9.17, 15) is 14.4 Å². The van der Waals surface area contributed by atoms with Gasteiger partial charge in [-0.2, -0.15) is 0 Å². The van der Waals surface area contributed by atoms with E-state index in [4.69, 9.17) is 14.9 Å². The van der Waals surface area contributed by atoms with Crippen molar-refractivity contribution < 1.29 is 23.5 Å². The third-order valence-corrected chi connectivity index (χ3v) is 5.10. The van der Waals surface area contributed by atoms with Crippen LogP contribution in [-0.2, 0) is 9.53 Å². The summed E-state index contributed by atoms with van der Waals surface area (Å²) < 4.78 is 11.2. The molecule has 0 spiro atoms. The quantitative estimate of drug-likeness (QED) is 0.474. The van der Waals surface area contributed by atoms with Gasteiger partial charge in [0.25, 0.3) is 5.91 Å².